The molecule has 0 saturated heterocycles. The second kappa shape index (κ2) is 7.19. The van der Waals surface area contributed by atoms with Crippen LogP contribution in [0.3, 0.4) is 0 Å². The minimum absolute atomic E-state index is 0.137. The lowest BCUT2D eigenvalue weighted by molar-refractivity contribution is 0.355. The Morgan fingerprint density at radius 3 is 2.50 bits per heavy atom. The van der Waals surface area contributed by atoms with Crippen LogP contribution < -0.4 is 5.32 Å². The molecule has 1 nitrogen and oxygen atoms in total. The molecule has 1 aliphatic rings. The first-order valence-electron chi connectivity index (χ1n) is 7.65. The highest BCUT2D eigenvalue weighted by molar-refractivity contribution is 5.09. The Morgan fingerprint density at radius 2 is 2.00 bits per heavy atom. The Bertz CT molecular complexity index is 289. The molecule has 0 spiro atoms. The lowest BCUT2D eigenvalue weighted by Gasteiger charge is -2.23. The fourth-order valence-corrected chi connectivity index (χ4v) is 2.78. The maximum atomic E-state index is 3.72. The highest BCUT2D eigenvalue weighted by Crippen LogP contribution is 2.33. The summed E-state index contributed by atoms with van der Waals surface area (Å²) in [4.78, 5) is 0. The van der Waals surface area contributed by atoms with E-state index in [1.165, 1.54) is 25.7 Å². The van der Waals surface area contributed by atoms with Gasteiger partial charge in [0.2, 0.25) is 0 Å². The SMILES string of the molecule is CCCNC(CC#CC(C)(C)C)C1CCC(C)C1. The van der Waals surface area contributed by atoms with Gasteiger partial charge >= 0.3 is 0 Å². The van der Waals surface area contributed by atoms with Crippen LogP contribution in [0.5, 0.6) is 0 Å². The van der Waals surface area contributed by atoms with Crippen LogP contribution in [0, 0.1) is 29.1 Å². The van der Waals surface area contributed by atoms with E-state index in [1.807, 2.05) is 0 Å². The van der Waals surface area contributed by atoms with Crippen LogP contribution in [0.2, 0.25) is 0 Å². The van der Waals surface area contributed by atoms with Gasteiger partial charge in [0, 0.05) is 17.9 Å². The molecule has 1 fully saturated rings. The van der Waals surface area contributed by atoms with Crippen molar-refractivity contribution in [2.24, 2.45) is 17.3 Å². The number of hydrogen-bond acceptors (Lipinski definition) is 1. The first-order valence-corrected chi connectivity index (χ1v) is 7.65. The molecule has 104 valence electrons. The first-order chi connectivity index (χ1) is 8.42. The predicted molar refractivity (Wildman–Crippen MR) is 80.4 cm³/mol. The summed E-state index contributed by atoms with van der Waals surface area (Å²) < 4.78 is 0. The topological polar surface area (TPSA) is 12.0 Å². The number of nitrogens with one attached hydrogen (secondary N) is 1. The lowest BCUT2D eigenvalue weighted by Crippen LogP contribution is -2.35. The average Bonchev–Trinajstić information content (AvgIpc) is 2.68. The maximum Gasteiger partial charge on any atom is 0.0246 e. The van der Waals surface area contributed by atoms with Crippen molar-refractivity contribution in [2.75, 3.05) is 6.54 Å². The summed E-state index contributed by atoms with van der Waals surface area (Å²) in [5.41, 5.74) is 0.137. The third kappa shape index (κ3) is 5.91. The summed E-state index contributed by atoms with van der Waals surface area (Å²) in [5.74, 6) is 8.55. The molecule has 1 heteroatoms. The molecule has 0 amide bonds. The third-order valence-corrected chi connectivity index (χ3v) is 3.75. The monoisotopic (exact) mass is 249 g/mol. The van der Waals surface area contributed by atoms with Gasteiger partial charge in [-0.05, 0) is 58.4 Å². The van der Waals surface area contributed by atoms with E-state index in [0.717, 1.165) is 24.8 Å². The van der Waals surface area contributed by atoms with Gasteiger partial charge in [-0.1, -0.05) is 26.2 Å². The number of hydrogen-bond donors (Lipinski definition) is 1. The van der Waals surface area contributed by atoms with Gasteiger partial charge in [0.15, 0.2) is 0 Å². The molecule has 18 heavy (non-hydrogen) atoms. The Morgan fingerprint density at radius 1 is 1.28 bits per heavy atom. The molecule has 1 aliphatic carbocycles. The summed E-state index contributed by atoms with van der Waals surface area (Å²) in [6, 6.07) is 0.616. The van der Waals surface area contributed by atoms with E-state index in [2.05, 4.69) is 51.8 Å². The zero-order valence-corrected chi connectivity index (χ0v) is 13.0. The van der Waals surface area contributed by atoms with Gasteiger partial charge in [0.1, 0.15) is 0 Å². The van der Waals surface area contributed by atoms with Crippen LogP contribution in [0.25, 0.3) is 0 Å². The molecule has 1 rings (SSSR count). The van der Waals surface area contributed by atoms with Crippen LogP contribution >= 0.6 is 0 Å². The van der Waals surface area contributed by atoms with Crippen LogP contribution in [0.1, 0.15) is 66.7 Å². The van der Waals surface area contributed by atoms with E-state index in [1.54, 1.807) is 0 Å². The largest absolute Gasteiger partial charge is 0.313 e. The first kappa shape index (κ1) is 15.6. The van der Waals surface area contributed by atoms with Gasteiger partial charge < -0.3 is 5.32 Å². The summed E-state index contributed by atoms with van der Waals surface area (Å²) in [6.45, 7) is 12.3. The van der Waals surface area contributed by atoms with Gasteiger partial charge in [-0.3, -0.25) is 0 Å². The van der Waals surface area contributed by atoms with Crippen molar-refractivity contribution in [1.29, 1.82) is 0 Å². The minimum Gasteiger partial charge on any atom is -0.313 e. The molecule has 0 aromatic heterocycles. The van der Waals surface area contributed by atoms with Gasteiger partial charge in [-0.15, -0.1) is 5.92 Å². The molecule has 0 aromatic carbocycles. The Hall–Kier alpha value is -0.480. The molecule has 0 bridgehead atoms. The Kier molecular flexibility index (Phi) is 6.22. The van der Waals surface area contributed by atoms with E-state index < -0.39 is 0 Å². The molecule has 0 aliphatic heterocycles. The van der Waals surface area contributed by atoms with Crippen LogP contribution in [0.15, 0.2) is 0 Å². The number of rotatable bonds is 5. The smallest absolute Gasteiger partial charge is 0.0246 e. The zero-order valence-electron chi connectivity index (χ0n) is 13.0. The molecule has 0 aromatic rings. The molecule has 3 unspecified atom stereocenters. The average molecular weight is 249 g/mol. The normalized spacial score (nSPS) is 25.6. The van der Waals surface area contributed by atoms with E-state index >= 15 is 0 Å². The van der Waals surface area contributed by atoms with E-state index in [0.29, 0.717) is 6.04 Å². The van der Waals surface area contributed by atoms with Gasteiger partial charge in [0.25, 0.3) is 0 Å². The minimum atomic E-state index is 0.137. The van der Waals surface area contributed by atoms with Crippen LogP contribution in [-0.4, -0.2) is 12.6 Å². The predicted octanol–water partition coefficient (Wildman–Crippen LogP) is 4.23. The molecular formula is C17H31N. The van der Waals surface area contributed by atoms with Gasteiger partial charge in [-0.2, -0.15) is 0 Å². The van der Waals surface area contributed by atoms with Crippen molar-refractivity contribution in [1.82, 2.24) is 5.32 Å². The van der Waals surface area contributed by atoms with Crippen molar-refractivity contribution < 1.29 is 0 Å². The molecular weight excluding hydrogens is 218 g/mol. The Labute approximate surface area is 114 Å². The van der Waals surface area contributed by atoms with Gasteiger partial charge in [-0.25, -0.2) is 0 Å². The third-order valence-electron chi connectivity index (χ3n) is 3.75. The van der Waals surface area contributed by atoms with Gasteiger partial charge in [0.05, 0.1) is 0 Å². The standard InChI is InChI=1S/C17H31N/c1-6-12-18-16(8-7-11-17(3,4)5)15-10-9-14(2)13-15/h14-16,18H,6,8-10,12-13H2,1-5H3. The summed E-state index contributed by atoms with van der Waals surface area (Å²) >= 11 is 0. The highest BCUT2D eigenvalue weighted by atomic mass is 14.9. The fourth-order valence-electron chi connectivity index (χ4n) is 2.78. The van der Waals surface area contributed by atoms with Crippen molar-refractivity contribution >= 4 is 0 Å². The lowest BCUT2D eigenvalue weighted by atomic mass is 9.92. The molecule has 1 saturated carbocycles. The van der Waals surface area contributed by atoms with Crippen LogP contribution in [-0.2, 0) is 0 Å². The van der Waals surface area contributed by atoms with Crippen molar-refractivity contribution in [3.05, 3.63) is 0 Å². The molecule has 0 radical (unpaired) electrons. The second-order valence-corrected chi connectivity index (χ2v) is 6.99. The molecule has 0 heterocycles. The zero-order chi connectivity index (χ0) is 13.6. The summed E-state index contributed by atoms with van der Waals surface area (Å²) in [7, 11) is 0. The van der Waals surface area contributed by atoms with E-state index in [-0.39, 0.29) is 5.41 Å². The summed E-state index contributed by atoms with van der Waals surface area (Å²) in [5, 5.41) is 3.72. The maximum absolute atomic E-state index is 3.72. The Balaban J connectivity index is 2.52. The second-order valence-electron chi connectivity index (χ2n) is 6.99. The molecule has 1 N–H and O–H groups in total. The van der Waals surface area contributed by atoms with Crippen molar-refractivity contribution in [2.45, 2.75) is 72.8 Å². The quantitative estimate of drug-likeness (QED) is 0.719. The van der Waals surface area contributed by atoms with E-state index in [9.17, 15) is 0 Å². The van der Waals surface area contributed by atoms with Crippen LogP contribution in [0.4, 0.5) is 0 Å². The van der Waals surface area contributed by atoms with E-state index in [4.69, 9.17) is 0 Å². The van der Waals surface area contributed by atoms with Crippen molar-refractivity contribution in [3.8, 4) is 11.8 Å². The molecule has 3 atom stereocenters. The highest BCUT2D eigenvalue weighted by Gasteiger charge is 2.27. The van der Waals surface area contributed by atoms with Crippen molar-refractivity contribution in [3.63, 3.8) is 0 Å². The summed E-state index contributed by atoms with van der Waals surface area (Å²) in [6.07, 6.45) is 6.42. The fraction of sp³-hybridized carbons (Fsp3) is 0.882.